The number of hydrogen-bond donors (Lipinski definition) is 0. The van der Waals surface area contributed by atoms with E-state index in [0.717, 1.165) is 34.7 Å². The Morgan fingerprint density at radius 2 is 1.26 bits per heavy atom. The third-order valence-corrected chi connectivity index (χ3v) is 13.3. The highest BCUT2D eigenvalue weighted by Gasteiger charge is 2.53. The number of para-hydroxylation sites is 2. The molecule has 9 rings (SSSR count). The Labute approximate surface area is 299 Å². The van der Waals surface area contributed by atoms with Gasteiger partial charge in [0, 0.05) is 27.9 Å². The molecule has 2 nitrogen and oxygen atoms in total. The number of fused-ring (bicyclic) bond motifs is 8. The lowest BCUT2D eigenvalue weighted by Gasteiger charge is -2.54. The Kier molecular flexibility index (Phi) is 7.36. The van der Waals surface area contributed by atoms with Crippen molar-refractivity contribution >= 4 is 17.1 Å². The largest absolute Gasteiger partial charge is 0.455 e. The van der Waals surface area contributed by atoms with Gasteiger partial charge in [-0.25, -0.2) is 0 Å². The molecule has 50 heavy (non-hydrogen) atoms. The molecule has 0 N–H and O–H groups in total. The van der Waals surface area contributed by atoms with E-state index in [1.54, 1.807) is 0 Å². The van der Waals surface area contributed by atoms with E-state index < -0.39 is 0 Å². The topological polar surface area (TPSA) is 12.5 Å². The molecule has 4 aliphatic rings. The quantitative estimate of drug-likeness (QED) is 0.191. The van der Waals surface area contributed by atoms with Gasteiger partial charge in [-0.15, -0.1) is 0 Å². The highest BCUT2D eigenvalue weighted by atomic mass is 16.5. The molecular formula is C48H51NO. The van der Waals surface area contributed by atoms with Crippen molar-refractivity contribution in [3.05, 3.63) is 138 Å². The van der Waals surface area contributed by atoms with E-state index in [2.05, 4.69) is 155 Å². The summed E-state index contributed by atoms with van der Waals surface area (Å²) in [6.45, 7) is 12.2. The molecule has 5 aromatic carbocycles. The Balaban J connectivity index is 1.26. The van der Waals surface area contributed by atoms with Gasteiger partial charge < -0.3 is 9.64 Å². The number of ether oxygens (including phenoxy) is 1. The molecule has 3 aliphatic carbocycles. The zero-order valence-corrected chi connectivity index (χ0v) is 30.5. The molecule has 4 unspecified atom stereocenters. The molecule has 1 heterocycles. The lowest BCUT2D eigenvalue weighted by Crippen LogP contribution is -2.46. The molecule has 0 saturated heterocycles. The smallest absolute Gasteiger partial charge is 0.155 e. The molecule has 0 aromatic heterocycles. The van der Waals surface area contributed by atoms with E-state index in [9.17, 15) is 0 Å². The summed E-state index contributed by atoms with van der Waals surface area (Å²) in [5, 5.41) is 0. The van der Waals surface area contributed by atoms with Crippen LogP contribution in [0, 0.1) is 17.8 Å². The predicted octanol–water partition coefficient (Wildman–Crippen LogP) is 13.4. The summed E-state index contributed by atoms with van der Waals surface area (Å²) in [4.78, 5) is 2.49. The molecule has 2 fully saturated rings. The van der Waals surface area contributed by atoms with Crippen LogP contribution in [0.15, 0.2) is 115 Å². The first-order valence-corrected chi connectivity index (χ1v) is 19.2. The van der Waals surface area contributed by atoms with E-state index >= 15 is 0 Å². The van der Waals surface area contributed by atoms with Crippen molar-refractivity contribution in [1.29, 1.82) is 0 Å². The molecule has 0 amide bonds. The summed E-state index contributed by atoms with van der Waals surface area (Å²) in [7, 11) is 0. The lowest BCUT2D eigenvalue weighted by atomic mass is 9.51. The lowest BCUT2D eigenvalue weighted by molar-refractivity contribution is 0.0777. The molecule has 5 aromatic rings. The molecule has 2 saturated carbocycles. The van der Waals surface area contributed by atoms with Crippen LogP contribution in [0.5, 0.6) is 11.5 Å². The van der Waals surface area contributed by atoms with Gasteiger partial charge in [-0.05, 0) is 132 Å². The first-order chi connectivity index (χ1) is 24.1. The standard InChI is InChI=1S/C48H51NO/c1-32-28-33-24-25-48(36(29-32)30-33)40-14-9-10-17-44(40)50-45-41(48)15-11-16-43(45)49(37-20-18-35(19-21-37)34-12-7-6-8-13-34)38-22-23-39-42(31-38)47(4,5)27-26-46(39,2)3/h6-23,31-33,36H,24-30H2,1-5H3. The van der Waals surface area contributed by atoms with Crippen LogP contribution in [-0.2, 0) is 16.2 Å². The second-order valence-electron chi connectivity index (χ2n) is 17.4. The minimum Gasteiger partial charge on any atom is -0.455 e. The van der Waals surface area contributed by atoms with Crippen LogP contribution in [-0.4, -0.2) is 0 Å². The summed E-state index contributed by atoms with van der Waals surface area (Å²) < 4.78 is 7.16. The Hall–Kier alpha value is -4.30. The maximum absolute atomic E-state index is 7.16. The van der Waals surface area contributed by atoms with Crippen LogP contribution >= 0.6 is 0 Å². The van der Waals surface area contributed by atoms with Crippen LogP contribution in [0.1, 0.15) is 102 Å². The summed E-state index contributed by atoms with van der Waals surface area (Å²) in [5.74, 6) is 4.30. The summed E-state index contributed by atoms with van der Waals surface area (Å²) in [6, 6.07) is 43.2. The van der Waals surface area contributed by atoms with E-state index in [0.29, 0.717) is 5.92 Å². The molecule has 4 atom stereocenters. The van der Waals surface area contributed by atoms with Gasteiger partial charge in [0.1, 0.15) is 5.75 Å². The van der Waals surface area contributed by atoms with Crippen molar-refractivity contribution in [2.45, 2.75) is 95.8 Å². The molecule has 1 spiro atoms. The zero-order chi connectivity index (χ0) is 34.3. The molecule has 254 valence electrons. The van der Waals surface area contributed by atoms with Crippen molar-refractivity contribution in [2.75, 3.05) is 4.90 Å². The first kappa shape index (κ1) is 31.7. The van der Waals surface area contributed by atoms with Crippen molar-refractivity contribution in [3.8, 4) is 22.6 Å². The van der Waals surface area contributed by atoms with Crippen molar-refractivity contribution in [2.24, 2.45) is 17.8 Å². The minimum absolute atomic E-state index is 0.0317. The fourth-order valence-electron chi connectivity index (χ4n) is 10.6. The Morgan fingerprint density at radius 3 is 2.06 bits per heavy atom. The molecular weight excluding hydrogens is 607 g/mol. The zero-order valence-electron chi connectivity index (χ0n) is 30.5. The molecule has 0 radical (unpaired) electrons. The second kappa shape index (κ2) is 11.6. The van der Waals surface area contributed by atoms with Crippen molar-refractivity contribution in [1.82, 2.24) is 0 Å². The summed E-state index contributed by atoms with van der Waals surface area (Å²) >= 11 is 0. The van der Waals surface area contributed by atoms with Crippen LogP contribution in [0.4, 0.5) is 17.1 Å². The first-order valence-electron chi connectivity index (χ1n) is 19.2. The van der Waals surface area contributed by atoms with Crippen molar-refractivity contribution < 1.29 is 4.74 Å². The minimum atomic E-state index is -0.0317. The molecule has 2 bridgehead atoms. The SMILES string of the molecule is CC1CC2CCC3(c4ccccc4Oc4c(N(c5ccc(-c6ccccc6)cc5)c5ccc6c(c5)C(C)(C)CCC6(C)C)cccc43)C(C1)C2. The fraction of sp³-hybridized carbons (Fsp3) is 0.375. The highest BCUT2D eigenvalue weighted by Crippen LogP contribution is 2.63. The third-order valence-electron chi connectivity index (χ3n) is 13.3. The second-order valence-corrected chi connectivity index (χ2v) is 17.4. The van der Waals surface area contributed by atoms with E-state index in [4.69, 9.17) is 4.74 Å². The highest BCUT2D eigenvalue weighted by molar-refractivity contribution is 5.84. The van der Waals surface area contributed by atoms with Gasteiger partial charge in [0.25, 0.3) is 0 Å². The van der Waals surface area contributed by atoms with E-state index in [1.165, 1.54) is 84.0 Å². The van der Waals surface area contributed by atoms with E-state index in [-0.39, 0.29) is 16.2 Å². The number of rotatable bonds is 4. The predicted molar refractivity (Wildman–Crippen MR) is 208 cm³/mol. The summed E-state index contributed by atoms with van der Waals surface area (Å²) in [5.41, 5.74) is 11.9. The normalized spacial score (nSPS) is 25.5. The average molecular weight is 658 g/mol. The fourth-order valence-corrected chi connectivity index (χ4v) is 10.6. The monoisotopic (exact) mass is 657 g/mol. The van der Waals surface area contributed by atoms with Gasteiger partial charge in [0.2, 0.25) is 0 Å². The maximum atomic E-state index is 7.16. The van der Waals surface area contributed by atoms with Crippen LogP contribution in [0.25, 0.3) is 11.1 Å². The maximum Gasteiger partial charge on any atom is 0.155 e. The van der Waals surface area contributed by atoms with Gasteiger partial charge >= 0.3 is 0 Å². The van der Waals surface area contributed by atoms with Gasteiger partial charge in [-0.2, -0.15) is 0 Å². The third kappa shape index (κ3) is 4.96. The van der Waals surface area contributed by atoms with Crippen LogP contribution in [0.3, 0.4) is 0 Å². The van der Waals surface area contributed by atoms with E-state index in [1.807, 2.05) is 0 Å². The Bertz CT molecular complexity index is 2050. The number of benzene rings is 5. The van der Waals surface area contributed by atoms with Gasteiger partial charge in [-0.1, -0.05) is 113 Å². The van der Waals surface area contributed by atoms with Gasteiger partial charge in [-0.3, -0.25) is 0 Å². The summed E-state index contributed by atoms with van der Waals surface area (Å²) in [6.07, 6.45) is 8.87. The molecule has 2 heteroatoms. The number of hydrogen-bond acceptors (Lipinski definition) is 2. The van der Waals surface area contributed by atoms with Crippen LogP contribution in [0.2, 0.25) is 0 Å². The number of nitrogens with zero attached hydrogens (tertiary/aromatic N) is 1. The Morgan fingerprint density at radius 1 is 0.580 bits per heavy atom. The van der Waals surface area contributed by atoms with Crippen LogP contribution < -0.4 is 9.64 Å². The molecule has 1 aliphatic heterocycles. The van der Waals surface area contributed by atoms with Crippen molar-refractivity contribution in [3.63, 3.8) is 0 Å². The average Bonchev–Trinajstić information content (AvgIpc) is 3.12. The van der Waals surface area contributed by atoms with Gasteiger partial charge in [0.05, 0.1) is 5.69 Å². The van der Waals surface area contributed by atoms with Gasteiger partial charge in [0.15, 0.2) is 5.75 Å². The number of anilines is 3.